The molecule has 0 radical (unpaired) electrons. The van der Waals surface area contributed by atoms with Crippen molar-refractivity contribution in [2.75, 3.05) is 12.9 Å². The van der Waals surface area contributed by atoms with Gasteiger partial charge in [-0.3, -0.25) is 14.4 Å². The average molecular weight is 488 g/mol. The number of aliphatic carboxylic acids is 2. The van der Waals surface area contributed by atoms with Gasteiger partial charge in [0.15, 0.2) is 11.5 Å². The molecule has 2 aromatic carbocycles. The number of thiazole rings is 1. The van der Waals surface area contributed by atoms with Crippen LogP contribution in [0.15, 0.2) is 58.4 Å². The first-order chi connectivity index (χ1) is 15.8. The number of aromatic nitrogens is 1. The maximum Gasteiger partial charge on any atom is 0.312 e. The Morgan fingerprint density at radius 3 is 2.58 bits per heavy atom. The van der Waals surface area contributed by atoms with Gasteiger partial charge in [0.2, 0.25) is 0 Å². The molecule has 33 heavy (non-hydrogen) atoms. The Balaban J connectivity index is 1.77. The van der Waals surface area contributed by atoms with Crippen LogP contribution in [0, 0.1) is 5.41 Å². The SMILES string of the molecule is COc1cc([C@@H]2c3sc(=O)[nH]c3SC[C@]2(CC(=O)O)C(=O)O)ccc1OCc1ccccc1. The molecule has 8 nitrogen and oxygen atoms in total. The summed E-state index contributed by atoms with van der Waals surface area (Å²) in [5.74, 6) is -2.42. The van der Waals surface area contributed by atoms with Gasteiger partial charge < -0.3 is 24.7 Å². The topological polar surface area (TPSA) is 126 Å². The second-order valence-electron chi connectivity index (χ2n) is 7.65. The smallest absolute Gasteiger partial charge is 0.312 e. The number of rotatable bonds is 8. The standard InChI is InChI=1S/C23H21NO7S2/c1-30-16-9-14(7-8-15(16)31-11-13-5-3-2-4-6-13)18-19-20(24-22(29)33-19)32-12-23(18,21(27)28)10-17(25)26/h2-9,18H,10-12H2,1H3,(H,24,29)(H,25,26)(H,27,28)/t18-,23+/m1/s1. The molecule has 0 fully saturated rings. The van der Waals surface area contributed by atoms with Crippen LogP contribution in [0.25, 0.3) is 0 Å². The van der Waals surface area contributed by atoms with Gasteiger partial charge in [-0.15, -0.1) is 11.8 Å². The van der Waals surface area contributed by atoms with Gasteiger partial charge in [0.25, 0.3) is 0 Å². The van der Waals surface area contributed by atoms with Gasteiger partial charge in [0, 0.05) is 16.5 Å². The Morgan fingerprint density at radius 2 is 1.91 bits per heavy atom. The highest BCUT2D eigenvalue weighted by atomic mass is 32.2. The van der Waals surface area contributed by atoms with Crippen LogP contribution < -0.4 is 14.3 Å². The fraction of sp³-hybridized carbons (Fsp3) is 0.261. The third kappa shape index (κ3) is 4.49. The predicted octanol–water partition coefficient (Wildman–Crippen LogP) is 3.81. The Labute approximate surface area is 197 Å². The monoisotopic (exact) mass is 487 g/mol. The average Bonchev–Trinajstić information content (AvgIpc) is 3.17. The highest BCUT2D eigenvalue weighted by molar-refractivity contribution is 7.99. The summed E-state index contributed by atoms with van der Waals surface area (Å²) < 4.78 is 11.4. The lowest BCUT2D eigenvalue weighted by Crippen LogP contribution is -2.44. The van der Waals surface area contributed by atoms with E-state index in [-0.39, 0.29) is 10.6 Å². The van der Waals surface area contributed by atoms with Crippen LogP contribution in [0.5, 0.6) is 11.5 Å². The number of carbonyl (C=O) groups is 2. The van der Waals surface area contributed by atoms with Crippen molar-refractivity contribution in [1.82, 2.24) is 4.98 Å². The highest BCUT2D eigenvalue weighted by Gasteiger charge is 2.53. The molecule has 4 rings (SSSR count). The molecule has 1 aliphatic rings. The number of hydrogen-bond acceptors (Lipinski definition) is 7. The summed E-state index contributed by atoms with van der Waals surface area (Å²) in [5.41, 5.74) is -0.119. The zero-order chi connectivity index (χ0) is 23.6. The van der Waals surface area contributed by atoms with Crippen molar-refractivity contribution in [1.29, 1.82) is 0 Å². The number of ether oxygens (including phenoxy) is 2. The molecule has 172 valence electrons. The number of thioether (sulfide) groups is 1. The minimum absolute atomic E-state index is 0.00749. The van der Waals surface area contributed by atoms with Gasteiger partial charge in [-0.1, -0.05) is 47.7 Å². The quantitative estimate of drug-likeness (QED) is 0.438. The molecule has 3 N–H and O–H groups in total. The van der Waals surface area contributed by atoms with Crippen LogP contribution in [-0.4, -0.2) is 40.0 Å². The third-order valence-corrected chi connectivity index (χ3v) is 7.93. The number of H-pyrrole nitrogens is 1. The molecule has 0 unspecified atom stereocenters. The van der Waals surface area contributed by atoms with Crippen LogP contribution in [0.1, 0.15) is 28.3 Å². The van der Waals surface area contributed by atoms with Gasteiger partial charge in [-0.2, -0.15) is 0 Å². The van der Waals surface area contributed by atoms with Crippen molar-refractivity contribution in [2.24, 2.45) is 5.41 Å². The van der Waals surface area contributed by atoms with Crippen LogP contribution in [-0.2, 0) is 16.2 Å². The summed E-state index contributed by atoms with van der Waals surface area (Å²) in [5, 5.41) is 20.3. The molecule has 0 saturated heterocycles. The van der Waals surface area contributed by atoms with Crippen LogP contribution in [0.2, 0.25) is 0 Å². The van der Waals surface area contributed by atoms with Gasteiger partial charge in [0.05, 0.1) is 24.0 Å². The van der Waals surface area contributed by atoms with Gasteiger partial charge in [0.1, 0.15) is 6.61 Å². The van der Waals surface area contributed by atoms with E-state index in [4.69, 9.17) is 9.47 Å². The number of aromatic amines is 1. The van der Waals surface area contributed by atoms with E-state index in [2.05, 4.69) is 4.98 Å². The maximum atomic E-state index is 12.5. The first-order valence-corrected chi connectivity index (χ1v) is 11.8. The van der Waals surface area contributed by atoms with E-state index in [1.165, 1.54) is 7.11 Å². The first kappa shape index (κ1) is 22.9. The van der Waals surface area contributed by atoms with E-state index >= 15 is 0 Å². The molecule has 2 atom stereocenters. The van der Waals surface area contributed by atoms with Crippen molar-refractivity contribution in [3.05, 3.63) is 74.2 Å². The zero-order valence-corrected chi connectivity index (χ0v) is 19.2. The minimum Gasteiger partial charge on any atom is -0.493 e. The van der Waals surface area contributed by atoms with E-state index in [1.807, 2.05) is 30.3 Å². The molecule has 2 heterocycles. The van der Waals surface area contributed by atoms with Crippen molar-refractivity contribution in [3.8, 4) is 11.5 Å². The predicted molar refractivity (Wildman–Crippen MR) is 124 cm³/mol. The Bertz CT molecular complexity index is 1240. The van der Waals surface area contributed by atoms with E-state index in [9.17, 15) is 24.6 Å². The summed E-state index contributed by atoms with van der Waals surface area (Å²) in [7, 11) is 1.48. The number of nitrogens with one attached hydrogen (secondary N) is 1. The fourth-order valence-electron chi connectivity index (χ4n) is 4.03. The number of methoxy groups -OCH3 is 1. The molecule has 0 saturated carbocycles. The van der Waals surface area contributed by atoms with Crippen molar-refractivity contribution < 1.29 is 29.3 Å². The maximum absolute atomic E-state index is 12.5. The molecular formula is C23H21NO7S2. The van der Waals surface area contributed by atoms with E-state index < -0.39 is 29.7 Å². The Kier molecular flexibility index (Phi) is 6.48. The molecule has 0 amide bonds. The first-order valence-electron chi connectivity index (χ1n) is 9.99. The van der Waals surface area contributed by atoms with Crippen LogP contribution in [0.4, 0.5) is 0 Å². The summed E-state index contributed by atoms with van der Waals surface area (Å²) in [4.78, 5) is 39.2. The number of fused-ring (bicyclic) bond motifs is 1. The summed E-state index contributed by atoms with van der Waals surface area (Å²) in [6, 6.07) is 14.7. The zero-order valence-electron chi connectivity index (χ0n) is 17.6. The number of hydrogen-bond donors (Lipinski definition) is 3. The lowest BCUT2D eigenvalue weighted by Gasteiger charge is -2.39. The van der Waals surface area contributed by atoms with E-state index in [0.717, 1.165) is 28.7 Å². The van der Waals surface area contributed by atoms with Gasteiger partial charge in [-0.05, 0) is 23.3 Å². The van der Waals surface area contributed by atoms with Gasteiger partial charge >= 0.3 is 16.8 Å². The Morgan fingerprint density at radius 1 is 1.15 bits per heavy atom. The van der Waals surface area contributed by atoms with Crippen molar-refractivity contribution in [3.63, 3.8) is 0 Å². The van der Waals surface area contributed by atoms with E-state index in [0.29, 0.717) is 33.6 Å². The molecule has 3 aromatic rings. The molecule has 0 aliphatic carbocycles. The minimum atomic E-state index is -1.63. The van der Waals surface area contributed by atoms with Crippen molar-refractivity contribution >= 4 is 35.0 Å². The molecule has 1 aliphatic heterocycles. The normalized spacial score (nSPS) is 19.5. The highest BCUT2D eigenvalue weighted by Crippen LogP contribution is 2.54. The summed E-state index contributed by atoms with van der Waals surface area (Å²) in [6.45, 7) is 0.318. The van der Waals surface area contributed by atoms with Crippen molar-refractivity contribution in [2.45, 2.75) is 24.0 Å². The fourth-order valence-corrected chi connectivity index (χ4v) is 6.59. The third-order valence-electron chi connectivity index (χ3n) is 5.58. The second-order valence-corrected chi connectivity index (χ2v) is 9.65. The lowest BCUT2D eigenvalue weighted by molar-refractivity contribution is -0.155. The van der Waals surface area contributed by atoms with Crippen LogP contribution in [0.3, 0.4) is 0 Å². The van der Waals surface area contributed by atoms with Gasteiger partial charge in [-0.25, -0.2) is 0 Å². The lowest BCUT2D eigenvalue weighted by atomic mass is 9.70. The summed E-state index contributed by atoms with van der Waals surface area (Å²) in [6.07, 6.45) is -0.583. The molecular weight excluding hydrogens is 466 g/mol. The summed E-state index contributed by atoms with van der Waals surface area (Å²) >= 11 is 2.06. The number of carboxylic acids is 2. The molecule has 0 spiro atoms. The Hall–Kier alpha value is -3.24. The van der Waals surface area contributed by atoms with E-state index in [1.54, 1.807) is 18.2 Å². The molecule has 0 bridgehead atoms. The molecule has 1 aromatic heterocycles. The van der Waals surface area contributed by atoms with Crippen LogP contribution >= 0.6 is 23.1 Å². The number of benzene rings is 2. The largest absolute Gasteiger partial charge is 0.493 e. The number of carboxylic acid groups (broad SMARTS) is 2. The molecule has 10 heteroatoms. The second kappa shape index (κ2) is 9.32.